The Kier molecular flexibility index (Phi) is 5.22. The molecule has 0 radical (unpaired) electrons. The molecule has 110 valence electrons. The smallest absolute Gasteiger partial charge is 0.251 e. The van der Waals surface area contributed by atoms with Crippen LogP contribution in [0.4, 0.5) is 0 Å². The third-order valence-corrected chi connectivity index (χ3v) is 4.58. The van der Waals surface area contributed by atoms with Crippen LogP contribution < -0.4 is 5.73 Å². The minimum Gasteiger partial charge on any atom is -0.361 e. The SMILES string of the molecule is CC(OC1(CN)CCCCCC1)C(=O)N1CCCC1. The minimum atomic E-state index is -0.347. The van der Waals surface area contributed by atoms with Gasteiger partial charge in [0.25, 0.3) is 5.91 Å². The highest BCUT2D eigenvalue weighted by Gasteiger charge is 2.35. The molecule has 0 bridgehead atoms. The van der Waals surface area contributed by atoms with E-state index in [-0.39, 0.29) is 17.6 Å². The number of ether oxygens (including phenoxy) is 1. The standard InChI is InChI=1S/C15H28N2O2/c1-13(14(18)17-10-6-7-11-17)19-15(12-16)8-4-2-3-5-9-15/h13H,2-12,16H2,1H3. The van der Waals surface area contributed by atoms with Crippen LogP contribution in [0.2, 0.25) is 0 Å². The average molecular weight is 268 g/mol. The van der Waals surface area contributed by atoms with E-state index in [4.69, 9.17) is 10.5 Å². The predicted octanol–water partition coefficient (Wildman–Crippen LogP) is 2.07. The van der Waals surface area contributed by atoms with E-state index in [1.807, 2.05) is 11.8 Å². The summed E-state index contributed by atoms with van der Waals surface area (Å²) in [6.45, 7) is 4.21. The maximum atomic E-state index is 12.3. The van der Waals surface area contributed by atoms with E-state index in [1.54, 1.807) is 0 Å². The maximum absolute atomic E-state index is 12.3. The number of hydrogen-bond acceptors (Lipinski definition) is 3. The lowest BCUT2D eigenvalue weighted by atomic mass is 9.94. The second-order valence-electron chi connectivity index (χ2n) is 6.09. The van der Waals surface area contributed by atoms with E-state index < -0.39 is 0 Å². The van der Waals surface area contributed by atoms with Crippen molar-refractivity contribution in [1.29, 1.82) is 0 Å². The van der Waals surface area contributed by atoms with Crippen LogP contribution in [0, 0.1) is 0 Å². The highest BCUT2D eigenvalue weighted by molar-refractivity contribution is 5.80. The van der Waals surface area contributed by atoms with Crippen LogP contribution in [0.5, 0.6) is 0 Å². The molecule has 1 aliphatic heterocycles. The molecular formula is C15H28N2O2. The van der Waals surface area contributed by atoms with Crippen molar-refractivity contribution >= 4 is 5.91 Å². The zero-order valence-electron chi connectivity index (χ0n) is 12.2. The third kappa shape index (κ3) is 3.69. The Morgan fingerprint density at radius 3 is 2.26 bits per heavy atom. The molecule has 1 saturated heterocycles. The van der Waals surface area contributed by atoms with Crippen molar-refractivity contribution in [2.45, 2.75) is 70.0 Å². The van der Waals surface area contributed by atoms with Crippen LogP contribution in [0.25, 0.3) is 0 Å². The monoisotopic (exact) mass is 268 g/mol. The fourth-order valence-corrected chi connectivity index (χ4v) is 3.36. The molecule has 4 heteroatoms. The number of amides is 1. The van der Waals surface area contributed by atoms with Crippen molar-refractivity contribution in [3.8, 4) is 0 Å². The molecule has 2 aliphatic rings. The Morgan fingerprint density at radius 1 is 1.16 bits per heavy atom. The Balaban J connectivity index is 1.94. The van der Waals surface area contributed by atoms with Gasteiger partial charge >= 0.3 is 0 Å². The second-order valence-corrected chi connectivity index (χ2v) is 6.09. The van der Waals surface area contributed by atoms with E-state index >= 15 is 0 Å². The Labute approximate surface area is 116 Å². The topological polar surface area (TPSA) is 55.6 Å². The van der Waals surface area contributed by atoms with Gasteiger partial charge in [-0.2, -0.15) is 0 Å². The molecule has 0 aromatic rings. The molecule has 1 amide bonds. The lowest BCUT2D eigenvalue weighted by Gasteiger charge is -2.35. The first-order chi connectivity index (χ1) is 9.17. The maximum Gasteiger partial charge on any atom is 0.251 e. The van der Waals surface area contributed by atoms with Crippen LogP contribution in [0.15, 0.2) is 0 Å². The van der Waals surface area contributed by atoms with Crippen LogP contribution >= 0.6 is 0 Å². The van der Waals surface area contributed by atoms with Crippen LogP contribution in [-0.2, 0) is 9.53 Å². The van der Waals surface area contributed by atoms with Gasteiger partial charge in [0.2, 0.25) is 0 Å². The zero-order valence-corrected chi connectivity index (χ0v) is 12.2. The molecular weight excluding hydrogens is 240 g/mol. The van der Waals surface area contributed by atoms with Gasteiger partial charge in [-0.05, 0) is 32.6 Å². The number of carbonyl (C=O) groups is 1. The zero-order chi connectivity index (χ0) is 13.7. The van der Waals surface area contributed by atoms with Gasteiger partial charge in [0.1, 0.15) is 6.10 Å². The molecule has 0 spiro atoms. The molecule has 19 heavy (non-hydrogen) atoms. The molecule has 1 atom stereocenters. The highest BCUT2D eigenvalue weighted by atomic mass is 16.5. The van der Waals surface area contributed by atoms with Crippen molar-refractivity contribution < 1.29 is 9.53 Å². The quantitative estimate of drug-likeness (QED) is 0.794. The summed E-state index contributed by atoms with van der Waals surface area (Å²) in [6.07, 6.45) is 8.77. The molecule has 1 aliphatic carbocycles. The summed E-state index contributed by atoms with van der Waals surface area (Å²) in [5.74, 6) is 0.148. The summed E-state index contributed by atoms with van der Waals surface area (Å²) in [5, 5.41) is 0. The number of nitrogens with zero attached hydrogens (tertiary/aromatic N) is 1. The molecule has 0 aromatic carbocycles. The molecule has 1 heterocycles. The van der Waals surface area contributed by atoms with E-state index in [1.165, 1.54) is 25.7 Å². The van der Waals surface area contributed by atoms with Crippen LogP contribution in [0.3, 0.4) is 0 Å². The molecule has 1 unspecified atom stereocenters. The lowest BCUT2D eigenvalue weighted by Crippen LogP contribution is -2.47. The fourth-order valence-electron chi connectivity index (χ4n) is 3.36. The van der Waals surface area contributed by atoms with Gasteiger partial charge < -0.3 is 15.4 Å². The average Bonchev–Trinajstić information content (AvgIpc) is 2.85. The first-order valence-electron chi connectivity index (χ1n) is 7.83. The largest absolute Gasteiger partial charge is 0.361 e. The predicted molar refractivity (Wildman–Crippen MR) is 75.8 cm³/mol. The Hall–Kier alpha value is -0.610. The fraction of sp³-hybridized carbons (Fsp3) is 0.933. The molecule has 2 rings (SSSR count). The normalized spacial score (nSPS) is 25.1. The summed E-state index contributed by atoms with van der Waals surface area (Å²) in [4.78, 5) is 14.3. The highest BCUT2D eigenvalue weighted by Crippen LogP contribution is 2.31. The molecule has 0 aromatic heterocycles. The number of hydrogen-bond donors (Lipinski definition) is 1. The molecule has 2 fully saturated rings. The number of rotatable bonds is 4. The summed E-state index contributed by atoms with van der Waals surface area (Å²) in [6, 6.07) is 0. The van der Waals surface area contributed by atoms with Crippen molar-refractivity contribution in [2.75, 3.05) is 19.6 Å². The first kappa shape index (κ1) is 14.8. The van der Waals surface area contributed by atoms with Crippen molar-refractivity contribution in [2.24, 2.45) is 5.73 Å². The van der Waals surface area contributed by atoms with Gasteiger partial charge in [-0.25, -0.2) is 0 Å². The van der Waals surface area contributed by atoms with Gasteiger partial charge in [0.15, 0.2) is 0 Å². The van der Waals surface area contributed by atoms with Gasteiger partial charge in [0, 0.05) is 19.6 Å². The Morgan fingerprint density at radius 2 is 1.74 bits per heavy atom. The first-order valence-corrected chi connectivity index (χ1v) is 7.83. The second kappa shape index (κ2) is 6.71. The van der Waals surface area contributed by atoms with Crippen molar-refractivity contribution in [3.63, 3.8) is 0 Å². The summed E-state index contributed by atoms with van der Waals surface area (Å²) in [5.41, 5.74) is 5.70. The number of likely N-dealkylation sites (tertiary alicyclic amines) is 1. The lowest BCUT2D eigenvalue weighted by molar-refractivity contribution is -0.155. The van der Waals surface area contributed by atoms with Gasteiger partial charge in [-0.15, -0.1) is 0 Å². The van der Waals surface area contributed by atoms with Crippen molar-refractivity contribution in [3.05, 3.63) is 0 Å². The Bertz CT molecular complexity index is 293. The molecule has 1 saturated carbocycles. The summed E-state index contributed by atoms with van der Waals surface area (Å²) >= 11 is 0. The van der Waals surface area contributed by atoms with E-state index in [9.17, 15) is 4.79 Å². The third-order valence-electron chi connectivity index (χ3n) is 4.58. The minimum absolute atomic E-state index is 0.148. The van der Waals surface area contributed by atoms with E-state index in [0.717, 1.165) is 38.8 Å². The molecule has 4 nitrogen and oxygen atoms in total. The van der Waals surface area contributed by atoms with Crippen LogP contribution in [0.1, 0.15) is 58.3 Å². The van der Waals surface area contributed by atoms with Crippen molar-refractivity contribution in [1.82, 2.24) is 4.90 Å². The van der Waals surface area contributed by atoms with E-state index in [0.29, 0.717) is 6.54 Å². The summed E-state index contributed by atoms with van der Waals surface area (Å²) in [7, 11) is 0. The number of carbonyl (C=O) groups excluding carboxylic acids is 1. The number of nitrogens with two attached hydrogens (primary N) is 1. The molecule has 2 N–H and O–H groups in total. The summed E-state index contributed by atoms with van der Waals surface area (Å²) < 4.78 is 6.17. The van der Waals surface area contributed by atoms with E-state index in [2.05, 4.69) is 0 Å². The van der Waals surface area contributed by atoms with Crippen LogP contribution in [-0.4, -0.2) is 42.1 Å². The van der Waals surface area contributed by atoms with Gasteiger partial charge in [-0.1, -0.05) is 25.7 Å². The van der Waals surface area contributed by atoms with Gasteiger partial charge in [-0.3, -0.25) is 4.79 Å². The van der Waals surface area contributed by atoms with Gasteiger partial charge in [0.05, 0.1) is 5.60 Å².